The van der Waals surface area contributed by atoms with Crippen molar-refractivity contribution in [2.75, 3.05) is 13.1 Å². The molecule has 1 unspecified atom stereocenters. The highest BCUT2D eigenvalue weighted by Gasteiger charge is 2.36. The van der Waals surface area contributed by atoms with E-state index in [-0.39, 0.29) is 0 Å². The van der Waals surface area contributed by atoms with Crippen molar-refractivity contribution in [3.63, 3.8) is 0 Å². The summed E-state index contributed by atoms with van der Waals surface area (Å²) >= 11 is 0. The number of nitrogens with zero attached hydrogens (tertiary/aromatic N) is 1. The standard InChI is InChI=1S/C19H30N2/c1-14-9-10-17(15(2)12-14)19(13-20)21-11-5-7-16-6-3-4-8-18(16)21/h9-10,12,16,18-19H,3-8,11,13,20H2,1-2H3/t16-,18-,19?/m1/s1. The molecule has 1 saturated carbocycles. The van der Waals surface area contributed by atoms with E-state index in [4.69, 9.17) is 5.73 Å². The summed E-state index contributed by atoms with van der Waals surface area (Å²) in [7, 11) is 0. The van der Waals surface area contributed by atoms with Crippen LogP contribution in [0.5, 0.6) is 0 Å². The molecule has 0 amide bonds. The number of piperidine rings is 1. The molecule has 0 spiro atoms. The van der Waals surface area contributed by atoms with Gasteiger partial charge in [-0.05, 0) is 63.1 Å². The molecule has 1 aromatic carbocycles. The summed E-state index contributed by atoms with van der Waals surface area (Å²) in [6, 6.07) is 8.06. The molecule has 21 heavy (non-hydrogen) atoms. The molecule has 1 aliphatic heterocycles. The lowest BCUT2D eigenvalue weighted by atomic mass is 9.77. The van der Waals surface area contributed by atoms with Gasteiger partial charge in [0.25, 0.3) is 0 Å². The summed E-state index contributed by atoms with van der Waals surface area (Å²) in [5, 5.41) is 0. The Balaban J connectivity index is 1.87. The zero-order chi connectivity index (χ0) is 14.8. The van der Waals surface area contributed by atoms with Gasteiger partial charge in [0.2, 0.25) is 0 Å². The minimum absolute atomic E-state index is 0.413. The second-order valence-corrected chi connectivity index (χ2v) is 7.10. The van der Waals surface area contributed by atoms with Gasteiger partial charge in [0.1, 0.15) is 0 Å². The van der Waals surface area contributed by atoms with Gasteiger partial charge < -0.3 is 5.73 Å². The van der Waals surface area contributed by atoms with Crippen LogP contribution in [0.25, 0.3) is 0 Å². The van der Waals surface area contributed by atoms with Gasteiger partial charge in [-0.2, -0.15) is 0 Å². The third-order valence-electron chi connectivity index (χ3n) is 5.69. The second kappa shape index (κ2) is 6.50. The normalized spacial score (nSPS) is 28.1. The maximum absolute atomic E-state index is 6.22. The summed E-state index contributed by atoms with van der Waals surface area (Å²) in [5.41, 5.74) is 10.4. The summed E-state index contributed by atoms with van der Waals surface area (Å²) in [5.74, 6) is 0.923. The molecule has 2 N–H and O–H groups in total. The molecule has 2 fully saturated rings. The van der Waals surface area contributed by atoms with E-state index in [1.54, 1.807) is 0 Å². The number of benzene rings is 1. The van der Waals surface area contributed by atoms with Crippen LogP contribution >= 0.6 is 0 Å². The highest BCUT2D eigenvalue weighted by molar-refractivity contribution is 5.33. The van der Waals surface area contributed by atoms with Crippen LogP contribution in [0, 0.1) is 19.8 Å². The van der Waals surface area contributed by atoms with Crippen LogP contribution in [-0.2, 0) is 0 Å². The van der Waals surface area contributed by atoms with Gasteiger partial charge in [-0.25, -0.2) is 0 Å². The Morgan fingerprint density at radius 2 is 1.90 bits per heavy atom. The summed E-state index contributed by atoms with van der Waals surface area (Å²) in [6.07, 6.45) is 8.44. The van der Waals surface area contributed by atoms with E-state index < -0.39 is 0 Å². The molecule has 3 atom stereocenters. The molecule has 0 bridgehead atoms. The first-order chi connectivity index (χ1) is 10.2. The first-order valence-corrected chi connectivity index (χ1v) is 8.73. The maximum Gasteiger partial charge on any atom is 0.0476 e. The topological polar surface area (TPSA) is 29.3 Å². The molecule has 0 radical (unpaired) electrons. The highest BCUT2D eigenvalue weighted by atomic mass is 15.2. The Morgan fingerprint density at radius 1 is 1.14 bits per heavy atom. The minimum Gasteiger partial charge on any atom is -0.329 e. The first kappa shape index (κ1) is 15.1. The Bertz CT molecular complexity index is 480. The Hall–Kier alpha value is -0.860. The van der Waals surface area contributed by atoms with Crippen LogP contribution in [-0.4, -0.2) is 24.0 Å². The third-order valence-corrected chi connectivity index (χ3v) is 5.69. The molecule has 2 nitrogen and oxygen atoms in total. The quantitative estimate of drug-likeness (QED) is 0.911. The number of rotatable bonds is 3. The molecule has 1 heterocycles. The van der Waals surface area contributed by atoms with E-state index in [2.05, 4.69) is 36.9 Å². The lowest BCUT2D eigenvalue weighted by Crippen LogP contribution is -2.50. The Labute approximate surface area is 129 Å². The summed E-state index contributed by atoms with van der Waals surface area (Å²) in [4.78, 5) is 2.75. The summed E-state index contributed by atoms with van der Waals surface area (Å²) in [6.45, 7) is 6.39. The van der Waals surface area contributed by atoms with Crippen LogP contribution in [0.1, 0.15) is 61.3 Å². The van der Waals surface area contributed by atoms with E-state index in [1.807, 2.05) is 0 Å². The van der Waals surface area contributed by atoms with Gasteiger partial charge in [-0.3, -0.25) is 4.90 Å². The van der Waals surface area contributed by atoms with Gasteiger partial charge >= 0.3 is 0 Å². The van der Waals surface area contributed by atoms with Gasteiger partial charge in [-0.1, -0.05) is 36.6 Å². The predicted molar refractivity (Wildman–Crippen MR) is 89.4 cm³/mol. The van der Waals surface area contributed by atoms with E-state index in [1.165, 1.54) is 61.8 Å². The first-order valence-electron chi connectivity index (χ1n) is 8.73. The van der Waals surface area contributed by atoms with E-state index >= 15 is 0 Å². The van der Waals surface area contributed by atoms with Crippen LogP contribution in [0.2, 0.25) is 0 Å². The van der Waals surface area contributed by atoms with Crippen molar-refractivity contribution in [3.8, 4) is 0 Å². The smallest absolute Gasteiger partial charge is 0.0476 e. The molecule has 116 valence electrons. The molecule has 1 saturated heterocycles. The number of hydrogen-bond donors (Lipinski definition) is 1. The lowest BCUT2D eigenvalue weighted by Gasteiger charge is -2.48. The maximum atomic E-state index is 6.22. The summed E-state index contributed by atoms with van der Waals surface area (Å²) < 4.78 is 0. The van der Waals surface area contributed by atoms with Crippen molar-refractivity contribution in [2.45, 2.75) is 64.5 Å². The number of fused-ring (bicyclic) bond motifs is 1. The average molecular weight is 286 g/mol. The van der Waals surface area contributed by atoms with Crippen molar-refractivity contribution < 1.29 is 0 Å². The minimum atomic E-state index is 0.413. The Kier molecular flexibility index (Phi) is 4.66. The average Bonchev–Trinajstić information content (AvgIpc) is 2.50. The highest BCUT2D eigenvalue weighted by Crippen LogP contribution is 2.39. The molecule has 2 heteroatoms. The predicted octanol–water partition coefficient (Wildman–Crippen LogP) is 3.96. The van der Waals surface area contributed by atoms with Gasteiger partial charge in [0.05, 0.1) is 0 Å². The fraction of sp³-hybridized carbons (Fsp3) is 0.684. The van der Waals surface area contributed by atoms with Crippen molar-refractivity contribution in [2.24, 2.45) is 11.7 Å². The van der Waals surface area contributed by atoms with Gasteiger partial charge in [0, 0.05) is 18.6 Å². The number of likely N-dealkylation sites (tertiary alicyclic amines) is 1. The van der Waals surface area contributed by atoms with Crippen molar-refractivity contribution >= 4 is 0 Å². The van der Waals surface area contributed by atoms with Crippen LogP contribution in [0.3, 0.4) is 0 Å². The number of nitrogens with two attached hydrogens (primary N) is 1. The van der Waals surface area contributed by atoms with Crippen LogP contribution < -0.4 is 5.73 Å². The number of hydrogen-bond acceptors (Lipinski definition) is 2. The van der Waals surface area contributed by atoms with Crippen molar-refractivity contribution in [1.29, 1.82) is 0 Å². The molecular weight excluding hydrogens is 256 g/mol. The van der Waals surface area contributed by atoms with Crippen LogP contribution in [0.4, 0.5) is 0 Å². The van der Waals surface area contributed by atoms with Gasteiger partial charge in [-0.15, -0.1) is 0 Å². The monoisotopic (exact) mass is 286 g/mol. The second-order valence-electron chi connectivity index (χ2n) is 7.10. The lowest BCUT2D eigenvalue weighted by molar-refractivity contribution is 0.0274. The van der Waals surface area contributed by atoms with Crippen LogP contribution in [0.15, 0.2) is 18.2 Å². The zero-order valence-electron chi connectivity index (χ0n) is 13.6. The fourth-order valence-corrected chi connectivity index (χ4v) is 4.69. The fourth-order valence-electron chi connectivity index (χ4n) is 4.69. The zero-order valence-corrected chi connectivity index (χ0v) is 13.6. The molecule has 1 aromatic rings. The largest absolute Gasteiger partial charge is 0.329 e. The van der Waals surface area contributed by atoms with E-state index in [0.29, 0.717) is 6.04 Å². The molecule has 1 aliphatic carbocycles. The van der Waals surface area contributed by atoms with Gasteiger partial charge in [0.15, 0.2) is 0 Å². The number of aryl methyl sites for hydroxylation is 2. The Morgan fingerprint density at radius 3 is 2.67 bits per heavy atom. The SMILES string of the molecule is Cc1ccc(C(CN)N2CCC[C@H]3CCCC[C@H]32)c(C)c1. The van der Waals surface area contributed by atoms with E-state index in [9.17, 15) is 0 Å². The van der Waals surface area contributed by atoms with E-state index in [0.717, 1.165) is 18.5 Å². The molecular formula is C19H30N2. The molecule has 0 aromatic heterocycles. The molecule has 2 aliphatic rings. The van der Waals surface area contributed by atoms with Crippen molar-refractivity contribution in [3.05, 3.63) is 34.9 Å². The van der Waals surface area contributed by atoms with Crippen molar-refractivity contribution in [1.82, 2.24) is 4.90 Å². The molecule has 3 rings (SSSR count). The third kappa shape index (κ3) is 3.02.